The highest BCUT2D eigenvalue weighted by atomic mass is 19.4. The smallest absolute Gasteiger partial charge is 0.308 e. The van der Waals surface area contributed by atoms with Gasteiger partial charge >= 0.3 is 6.18 Å². The molecule has 0 bridgehead atoms. The van der Waals surface area contributed by atoms with E-state index in [0.29, 0.717) is 33.6 Å². The molecule has 0 unspecified atom stereocenters. The highest BCUT2D eigenvalue weighted by molar-refractivity contribution is 6.12. The molecule has 0 atom stereocenters. The molecule has 0 fully saturated rings. The van der Waals surface area contributed by atoms with Gasteiger partial charge in [-0.25, -0.2) is 0 Å². The number of rotatable bonds is 5. The van der Waals surface area contributed by atoms with E-state index in [-0.39, 0.29) is 0 Å². The van der Waals surface area contributed by atoms with Crippen LogP contribution in [0.25, 0.3) is 88.4 Å². The lowest BCUT2D eigenvalue weighted by Gasteiger charge is -2.19. The van der Waals surface area contributed by atoms with Crippen LogP contribution in [-0.4, -0.2) is 9.13 Å². The highest BCUT2D eigenvalue weighted by Crippen LogP contribution is 2.42. The lowest BCUT2D eigenvalue weighted by molar-refractivity contribution is -0.137. The van der Waals surface area contributed by atoms with Crippen molar-refractivity contribution >= 4 is 43.6 Å². The van der Waals surface area contributed by atoms with E-state index in [1.165, 1.54) is 12.1 Å². The van der Waals surface area contributed by atoms with Gasteiger partial charge in [0.2, 0.25) is 0 Å². The number of nitriles is 1. The lowest BCUT2D eigenvalue weighted by atomic mass is 9.96. The Morgan fingerprint density at radius 2 is 0.860 bits per heavy atom. The highest BCUT2D eigenvalue weighted by Gasteiger charge is 2.31. The Bertz CT molecular complexity index is 3060. The van der Waals surface area contributed by atoms with E-state index < -0.39 is 11.7 Å². The zero-order valence-electron chi connectivity index (χ0n) is 30.7. The molecule has 10 aromatic rings. The molecule has 0 N–H and O–H groups in total. The van der Waals surface area contributed by atoms with Gasteiger partial charge in [0.15, 0.2) is 0 Å². The summed E-state index contributed by atoms with van der Waals surface area (Å²) in [5.41, 5.74) is 9.89. The van der Waals surface area contributed by atoms with Crippen molar-refractivity contribution in [3.8, 4) is 50.8 Å². The van der Waals surface area contributed by atoms with Gasteiger partial charge < -0.3 is 9.13 Å². The fourth-order valence-electron chi connectivity index (χ4n) is 8.44. The van der Waals surface area contributed by atoms with E-state index in [2.05, 4.69) is 88.0 Å². The summed E-state index contributed by atoms with van der Waals surface area (Å²) < 4.78 is 47.4. The number of nitrogens with zero attached hydrogens (tertiary/aromatic N) is 3. The third kappa shape index (κ3) is 5.67. The molecule has 0 aliphatic heterocycles. The summed E-state index contributed by atoms with van der Waals surface area (Å²) in [5, 5.41) is 15.4. The van der Waals surface area contributed by atoms with Crippen LogP contribution >= 0.6 is 0 Å². The van der Waals surface area contributed by atoms with Crippen molar-refractivity contribution < 1.29 is 13.2 Å². The maximum absolute atomic E-state index is 14.4. The van der Waals surface area contributed by atoms with Crippen LogP contribution in [-0.2, 0) is 6.18 Å². The minimum atomic E-state index is -4.54. The van der Waals surface area contributed by atoms with Gasteiger partial charge in [-0.05, 0) is 94.4 Å². The Kier molecular flexibility index (Phi) is 7.88. The first-order valence-corrected chi connectivity index (χ1v) is 18.7. The Morgan fingerprint density at radius 1 is 0.421 bits per heavy atom. The average Bonchev–Trinajstić information content (AvgIpc) is 3.75. The molecule has 8 aromatic carbocycles. The van der Waals surface area contributed by atoms with Crippen LogP contribution in [0.4, 0.5) is 13.2 Å². The molecule has 0 radical (unpaired) electrons. The summed E-state index contributed by atoms with van der Waals surface area (Å²) in [7, 11) is 0. The average molecular weight is 744 g/mol. The third-order valence-electron chi connectivity index (χ3n) is 11.0. The second-order valence-corrected chi connectivity index (χ2v) is 14.5. The van der Waals surface area contributed by atoms with E-state index in [9.17, 15) is 18.4 Å². The topological polar surface area (TPSA) is 33.6 Å². The number of fused-ring (bicyclic) bond motifs is 6. The standard InChI is InChI=1S/C51H32F3N3/c1-32-24-37(26-39(25-32)51(52,53)54)38-29-49(56-45-18-10-8-16-40(45)42-22-20-35(27-47(42)56)33-12-4-2-5-13-33)44(31-55)50(30-38)57-46-19-11-9-17-41(46)43-23-21-36(28-48(43)57)34-14-6-3-7-15-34/h2-30H,1H3. The van der Waals surface area contributed by atoms with Crippen molar-refractivity contribution in [1.29, 1.82) is 5.26 Å². The molecule has 3 nitrogen and oxygen atoms in total. The van der Waals surface area contributed by atoms with Crippen molar-refractivity contribution in [1.82, 2.24) is 9.13 Å². The summed E-state index contributed by atoms with van der Waals surface area (Å²) in [6.07, 6.45) is -4.54. The minimum Gasteiger partial charge on any atom is -0.308 e. The summed E-state index contributed by atoms with van der Waals surface area (Å²) in [4.78, 5) is 0. The number of halogens is 3. The molecule has 2 aromatic heterocycles. The SMILES string of the molecule is Cc1cc(-c2cc(-n3c4ccccc4c4ccc(-c5ccccc5)cc43)c(C#N)c(-n3c4ccccc4c4ccc(-c5ccccc5)cc43)c2)cc(C(F)(F)F)c1. The van der Waals surface area contributed by atoms with E-state index in [1.807, 2.05) is 84.9 Å². The lowest BCUT2D eigenvalue weighted by Crippen LogP contribution is -2.07. The predicted octanol–water partition coefficient (Wildman–Crippen LogP) is 14.1. The zero-order chi connectivity index (χ0) is 38.8. The van der Waals surface area contributed by atoms with Crippen LogP contribution in [0.5, 0.6) is 0 Å². The van der Waals surface area contributed by atoms with Gasteiger partial charge in [-0.2, -0.15) is 18.4 Å². The Labute approximate surface area is 326 Å². The second kappa shape index (κ2) is 13.1. The molecule has 0 aliphatic carbocycles. The monoisotopic (exact) mass is 743 g/mol. The Hall–Kier alpha value is -7.36. The number of para-hydroxylation sites is 2. The second-order valence-electron chi connectivity index (χ2n) is 14.5. The Balaban J connectivity index is 1.36. The van der Waals surface area contributed by atoms with Gasteiger partial charge in [-0.1, -0.05) is 127 Å². The van der Waals surface area contributed by atoms with Crippen LogP contribution in [0.3, 0.4) is 0 Å². The van der Waals surface area contributed by atoms with E-state index in [4.69, 9.17) is 0 Å². The number of aryl methyl sites for hydroxylation is 1. The first-order valence-electron chi connectivity index (χ1n) is 18.7. The number of hydrogen-bond acceptors (Lipinski definition) is 1. The summed E-state index contributed by atoms with van der Waals surface area (Å²) in [5.74, 6) is 0. The number of aromatic nitrogens is 2. The van der Waals surface area contributed by atoms with Crippen molar-refractivity contribution in [2.45, 2.75) is 13.1 Å². The van der Waals surface area contributed by atoms with Gasteiger partial charge in [0.1, 0.15) is 11.6 Å². The molecule has 57 heavy (non-hydrogen) atoms. The zero-order valence-corrected chi connectivity index (χ0v) is 30.7. The summed E-state index contributed by atoms with van der Waals surface area (Å²) in [6.45, 7) is 1.68. The van der Waals surface area contributed by atoms with Crippen molar-refractivity contribution in [3.63, 3.8) is 0 Å². The number of alkyl halides is 3. The van der Waals surface area contributed by atoms with E-state index >= 15 is 0 Å². The molecule has 2 heterocycles. The molecule has 272 valence electrons. The molecule has 0 saturated carbocycles. The fraction of sp³-hybridized carbons (Fsp3) is 0.0392. The normalized spacial score (nSPS) is 11.8. The quantitative estimate of drug-likeness (QED) is 0.173. The molecule has 0 amide bonds. The number of hydrogen-bond donors (Lipinski definition) is 0. The summed E-state index contributed by atoms with van der Waals surface area (Å²) in [6, 6.07) is 59.6. The van der Waals surface area contributed by atoms with Crippen LogP contribution < -0.4 is 0 Å². The fourth-order valence-corrected chi connectivity index (χ4v) is 8.44. The van der Waals surface area contributed by atoms with Gasteiger partial charge in [0.05, 0.1) is 39.0 Å². The molecular weight excluding hydrogens is 712 g/mol. The number of benzene rings is 8. The maximum atomic E-state index is 14.4. The molecule has 10 rings (SSSR count). The van der Waals surface area contributed by atoms with Gasteiger partial charge in [0.25, 0.3) is 0 Å². The predicted molar refractivity (Wildman–Crippen MR) is 226 cm³/mol. The van der Waals surface area contributed by atoms with Crippen LogP contribution in [0.15, 0.2) is 176 Å². The van der Waals surface area contributed by atoms with Crippen molar-refractivity contribution in [3.05, 3.63) is 193 Å². The van der Waals surface area contributed by atoms with E-state index in [0.717, 1.165) is 65.9 Å². The molecule has 0 aliphatic rings. The van der Waals surface area contributed by atoms with Crippen molar-refractivity contribution in [2.75, 3.05) is 0 Å². The third-order valence-corrected chi connectivity index (χ3v) is 11.0. The first-order chi connectivity index (χ1) is 27.8. The molecule has 0 saturated heterocycles. The van der Waals surface area contributed by atoms with Gasteiger partial charge in [0, 0.05) is 21.5 Å². The maximum Gasteiger partial charge on any atom is 0.416 e. The molecule has 0 spiro atoms. The molecule has 6 heteroatoms. The van der Waals surface area contributed by atoms with Crippen molar-refractivity contribution in [2.24, 2.45) is 0 Å². The Morgan fingerprint density at radius 3 is 1.33 bits per heavy atom. The van der Waals surface area contributed by atoms with E-state index in [1.54, 1.807) is 13.0 Å². The first kappa shape index (κ1) is 34.2. The van der Waals surface area contributed by atoms with Crippen LogP contribution in [0.2, 0.25) is 0 Å². The molecular formula is C51H32F3N3. The largest absolute Gasteiger partial charge is 0.416 e. The van der Waals surface area contributed by atoms with Crippen LogP contribution in [0, 0.1) is 18.3 Å². The van der Waals surface area contributed by atoms with Gasteiger partial charge in [-0.3, -0.25) is 0 Å². The van der Waals surface area contributed by atoms with Gasteiger partial charge in [-0.15, -0.1) is 0 Å². The van der Waals surface area contributed by atoms with Crippen LogP contribution in [0.1, 0.15) is 16.7 Å². The minimum absolute atomic E-state index is 0.392. The summed E-state index contributed by atoms with van der Waals surface area (Å²) >= 11 is 0.